The number of rotatable bonds is 1. The van der Waals surface area contributed by atoms with Crippen molar-refractivity contribution in [3.05, 3.63) is 34.9 Å². The average Bonchev–Trinajstić information content (AvgIpc) is 3.13. The third kappa shape index (κ3) is 2.19. The Bertz CT molecular complexity index is 726. The number of amides is 1. The van der Waals surface area contributed by atoms with Crippen LogP contribution in [0, 0.1) is 0 Å². The highest BCUT2D eigenvalue weighted by atomic mass is 35.5. The number of aromatic nitrogens is 1. The van der Waals surface area contributed by atoms with Gasteiger partial charge in [-0.1, -0.05) is 11.6 Å². The number of benzene rings is 1. The highest BCUT2D eigenvalue weighted by Crippen LogP contribution is 2.31. The van der Waals surface area contributed by atoms with E-state index in [1.54, 1.807) is 4.90 Å². The van der Waals surface area contributed by atoms with Gasteiger partial charge in [0.15, 0.2) is 0 Å². The van der Waals surface area contributed by atoms with Crippen molar-refractivity contribution in [1.82, 2.24) is 4.98 Å². The Morgan fingerprint density at radius 3 is 3.10 bits per heavy atom. The van der Waals surface area contributed by atoms with Crippen LogP contribution < -0.4 is 4.90 Å². The predicted octanol–water partition coefficient (Wildman–Crippen LogP) is 2.96. The Hall–Kier alpha value is -1.65. The summed E-state index contributed by atoms with van der Waals surface area (Å²) in [7, 11) is 0. The lowest BCUT2D eigenvalue weighted by Gasteiger charge is -2.20. The lowest BCUT2D eigenvalue weighted by molar-refractivity contribution is -0.127. The molecular weight excluding hydrogens is 288 g/mol. The first-order valence-electron chi connectivity index (χ1n) is 7.24. The average molecular weight is 303 g/mol. The molecule has 4 nitrogen and oxygen atoms in total. The molecular formula is C16H15ClN2O2. The minimum atomic E-state index is -0.293. The number of ether oxygens (including phenoxy) is 1. The quantitative estimate of drug-likeness (QED) is 0.813. The third-order valence-electron chi connectivity index (χ3n) is 4.16. The molecule has 1 amide bonds. The first-order valence-corrected chi connectivity index (χ1v) is 7.62. The van der Waals surface area contributed by atoms with Crippen molar-refractivity contribution in [3.8, 4) is 0 Å². The Kier molecular flexibility index (Phi) is 3.08. The van der Waals surface area contributed by atoms with Crippen LogP contribution in [0.3, 0.4) is 0 Å². The van der Waals surface area contributed by atoms with Crippen LogP contribution in [0.15, 0.2) is 24.3 Å². The summed E-state index contributed by atoms with van der Waals surface area (Å²) in [4.78, 5) is 19.0. The first kappa shape index (κ1) is 13.0. The summed E-state index contributed by atoms with van der Waals surface area (Å²) in [5.74, 6) is 0.831. The maximum atomic E-state index is 12.5. The fraction of sp³-hybridized carbons (Fsp3) is 0.375. The van der Waals surface area contributed by atoms with Crippen LogP contribution in [0.4, 0.5) is 5.82 Å². The van der Waals surface area contributed by atoms with Crippen LogP contribution in [0.2, 0.25) is 5.02 Å². The molecule has 0 bridgehead atoms. The van der Waals surface area contributed by atoms with Gasteiger partial charge in [-0.15, -0.1) is 0 Å². The van der Waals surface area contributed by atoms with Crippen LogP contribution in [0.5, 0.6) is 0 Å². The van der Waals surface area contributed by atoms with Gasteiger partial charge in [-0.25, -0.2) is 4.98 Å². The van der Waals surface area contributed by atoms with Gasteiger partial charge in [-0.2, -0.15) is 0 Å². The van der Waals surface area contributed by atoms with Crippen LogP contribution in [0.25, 0.3) is 10.9 Å². The van der Waals surface area contributed by atoms with Gasteiger partial charge >= 0.3 is 0 Å². The number of hydrogen-bond donors (Lipinski definition) is 0. The van der Waals surface area contributed by atoms with Crippen LogP contribution in [0.1, 0.15) is 18.4 Å². The first-order chi connectivity index (χ1) is 10.2. The number of halogens is 1. The summed E-state index contributed by atoms with van der Waals surface area (Å²) in [6.45, 7) is 1.37. The highest BCUT2D eigenvalue weighted by molar-refractivity contribution is 6.31. The SMILES string of the molecule is O=C(C1CCCO1)N1CCc2cc3cc(Cl)ccc3nc21. The van der Waals surface area contributed by atoms with Crippen molar-refractivity contribution in [2.24, 2.45) is 0 Å². The normalized spacial score (nSPS) is 21.0. The van der Waals surface area contributed by atoms with E-state index < -0.39 is 0 Å². The number of anilines is 1. The van der Waals surface area contributed by atoms with Crippen molar-refractivity contribution >= 4 is 34.2 Å². The topological polar surface area (TPSA) is 42.4 Å². The monoisotopic (exact) mass is 302 g/mol. The second-order valence-corrected chi connectivity index (χ2v) is 5.99. The molecule has 1 aromatic carbocycles. The molecule has 4 rings (SSSR count). The van der Waals surface area contributed by atoms with E-state index in [4.69, 9.17) is 16.3 Å². The van der Waals surface area contributed by atoms with Crippen molar-refractivity contribution in [2.45, 2.75) is 25.4 Å². The zero-order valence-electron chi connectivity index (χ0n) is 11.5. The minimum Gasteiger partial charge on any atom is -0.368 e. The van der Waals surface area contributed by atoms with Gasteiger partial charge in [-0.3, -0.25) is 9.69 Å². The fourth-order valence-corrected chi connectivity index (χ4v) is 3.28. The standard InChI is InChI=1S/C16H15ClN2O2/c17-12-3-4-13-11(9-12)8-10-5-6-19(15(10)18-13)16(20)14-2-1-7-21-14/h3-4,8-9,14H,1-2,5-7H2. The number of carbonyl (C=O) groups excluding carboxylic acids is 1. The second kappa shape index (κ2) is 4.97. The van der Waals surface area contributed by atoms with Gasteiger partial charge in [0.1, 0.15) is 11.9 Å². The number of hydrogen-bond acceptors (Lipinski definition) is 3. The summed E-state index contributed by atoms with van der Waals surface area (Å²) in [6, 6.07) is 7.72. The van der Waals surface area contributed by atoms with Crippen LogP contribution >= 0.6 is 11.6 Å². The zero-order valence-corrected chi connectivity index (χ0v) is 12.3. The smallest absolute Gasteiger partial charge is 0.257 e. The maximum absolute atomic E-state index is 12.5. The predicted molar refractivity (Wildman–Crippen MR) is 81.8 cm³/mol. The molecule has 1 aromatic heterocycles. The van der Waals surface area contributed by atoms with Gasteiger partial charge in [0.2, 0.25) is 0 Å². The molecule has 3 heterocycles. The molecule has 0 spiro atoms. The molecule has 21 heavy (non-hydrogen) atoms. The number of carbonyl (C=O) groups is 1. The second-order valence-electron chi connectivity index (χ2n) is 5.55. The Morgan fingerprint density at radius 2 is 2.29 bits per heavy atom. The van der Waals surface area contributed by atoms with E-state index in [0.717, 1.165) is 41.5 Å². The van der Waals surface area contributed by atoms with E-state index in [2.05, 4.69) is 11.1 Å². The van der Waals surface area contributed by atoms with Gasteiger partial charge < -0.3 is 4.74 Å². The van der Waals surface area contributed by atoms with Gasteiger partial charge in [0, 0.05) is 23.6 Å². The van der Waals surface area contributed by atoms with Gasteiger partial charge in [0.25, 0.3) is 5.91 Å². The molecule has 0 N–H and O–H groups in total. The summed E-state index contributed by atoms with van der Waals surface area (Å²) in [5.41, 5.74) is 1.97. The van der Waals surface area contributed by atoms with Crippen molar-refractivity contribution in [2.75, 3.05) is 18.1 Å². The van der Waals surface area contributed by atoms with E-state index in [1.165, 1.54) is 0 Å². The summed E-state index contributed by atoms with van der Waals surface area (Å²) >= 11 is 6.03. The molecule has 1 atom stereocenters. The van der Waals surface area contributed by atoms with E-state index in [0.29, 0.717) is 18.2 Å². The number of fused-ring (bicyclic) bond motifs is 2. The Balaban J connectivity index is 1.73. The Labute approximate surface area is 127 Å². The highest BCUT2D eigenvalue weighted by Gasteiger charge is 2.33. The van der Waals surface area contributed by atoms with Gasteiger partial charge in [0.05, 0.1) is 5.52 Å². The lowest BCUT2D eigenvalue weighted by atomic mass is 10.1. The van der Waals surface area contributed by atoms with E-state index in [1.807, 2.05) is 18.2 Å². The van der Waals surface area contributed by atoms with E-state index >= 15 is 0 Å². The van der Waals surface area contributed by atoms with E-state index in [9.17, 15) is 4.79 Å². The maximum Gasteiger partial charge on any atom is 0.257 e. The van der Waals surface area contributed by atoms with Crippen molar-refractivity contribution in [3.63, 3.8) is 0 Å². The van der Waals surface area contributed by atoms with Gasteiger partial charge in [-0.05, 0) is 49.1 Å². The molecule has 2 aliphatic rings. The van der Waals surface area contributed by atoms with Crippen LogP contribution in [-0.4, -0.2) is 30.1 Å². The fourth-order valence-electron chi connectivity index (χ4n) is 3.10. The van der Waals surface area contributed by atoms with Crippen LogP contribution in [-0.2, 0) is 16.0 Å². The minimum absolute atomic E-state index is 0.0482. The summed E-state index contributed by atoms with van der Waals surface area (Å²) in [6.07, 6.45) is 2.32. The molecule has 2 aliphatic heterocycles. The third-order valence-corrected chi connectivity index (χ3v) is 4.40. The molecule has 1 fully saturated rings. The molecule has 108 valence electrons. The molecule has 2 aromatic rings. The van der Waals surface area contributed by atoms with E-state index in [-0.39, 0.29) is 12.0 Å². The van der Waals surface area contributed by atoms with Crippen molar-refractivity contribution < 1.29 is 9.53 Å². The summed E-state index contributed by atoms with van der Waals surface area (Å²) < 4.78 is 5.51. The molecule has 0 radical (unpaired) electrons. The zero-order chi connectivity index (χ0) is 14.4. The Morgan fingerprint density at radius 1 is 1.38 bits per heavy atom. The molecule has 1 unspecified atom stereocenters. The molecule has 0 saturated carbocycles. The molecule has 1 saturated heterocycles. The van der Waals surface area contributed by atoms with Crippen molar-refractivity contribution in [1.29, 1.82) is 0 Å². The number of pyridine rings is 1. The number of nitrogens with zero attached hydrogens (tertiary/aromatic N) is 2. The largest absolute Gasteiger partial charge is 0.368 e. The molecule has 5 heteroatoms. The summed E-state index contributed by atoms with van der Waals surface area (Å²) in [5, 5.41) is 1.72. The lowest BCUT2D eigenvalue weighted by Crippen LogP contribution is -2.38. The molecule has 0 aliphatic carbocycles.